The molecular weight excluding hydrogens is 284 g/mol. The molecule has 0 heterocycles. The number of halogens is 1. The predicted molar refractivity (Wildman–Crippen MR) is 90.1 cm³/mol. The number of carbonyl (C=O) groups excluding carboxylic acids is 1. The fraction of sp³-hybridized carbons (Fsp3) is 0.588. The molecule has 21 heavy (non-hydrogen) atoms. The van der Waals surface area contributed by atoms with Crippen LogP contribution < -0.4 is 10.6 Å². The molecule has 3 nitrogen and oxygen atoms in total. The SMILES string of the molecule is Cc1ccccc1C(C)(C)CNC(=O)CNCC1CC1.Cl. The molecule has 0 aliphatic heterocycles. The van der Waals surface area contributed by atoms with Crippen molar-refractivity contribution in [2.24, 2.45) is 5.92 Å². The van der Waals surface area contributed by atoms with Crippen LogP contribution in [0.25, 0.3) is 0 Å². The summed E-state index contributed by atoms with van der Waals surface area (Å²) >= 11 is 0. The summed E-state index contributed by atoms with van der Waals surface area (Å²) in [6, 6.07) is 8.38. The quantitative estimate of drug-likeness (QED) is 0.813. The number of nitrogens with one attached hydrogen (secondary N) is 2. The van der Waals surface area contributed by atoms with Gasteiger partial charge in [0, 0.05) is 12.0 Å². The highest BCUT2D eigenvalue weighted by Crippen LogP contribution is 2.27. The lowest BCUT2D eigenvalue weighted by Crippen LogP contribution is -2.41. The van der Waals surface area contributed by atoms with E-state index in [1.54, 1.807) is 0 Å². The summed E-state index contributed by atoms with van der Waals surface area (Å²) in [5.41, 5.74) is 2.53. The average molecular weight is 311 g/mol. The fourth-order valence-electron chi connectivity index (χ4n) is 2.52. The molecule has 1 aliphatic rings. The summed E-state index contributed by atoms with van der Waals surface area (Å²) in [5.74, 6) is 0.901. The van der Waals surface area contributed by atoms with E-state index < -0.39 is 0 Å². The maximum atomic E-state index is 11.8. The Bertz CT molecular complexity index is 470. The second kappa shape index (κ2) is 7.81. The summed E-state index contributed by atoms with van der Waals surface area (Å²) in [6.07, 6.45) is 2.63. The smallest absolute Gasteiger partial charge is 0.233 e. The maximum Gasteiger partial charge on any atom is 0.233 e. The molecule has 2 N–H and O–H groups in total. The van der Waals surface area contributed by atoms with Gasteiger partial charge in [-0.25, -0.2) is 0 Å². The van der Waals surface area contributed by atoms with Gasteiger partial charge in [0.05, 0.1) is 6.54 Å². The van der Waals surface area contributed by atoms with Gasteiger partial charge in [-0.3, -0.25) is 4.79 Å². The monoisotopic (exact) mass is 310 g/mol. The van der Waals surface area contributed by atoms with Crippen LogP contribution in [-0.2, 0) is 10.2 Å². The molecule has 0 spiro atoms. The summed E-state index contributed by atoms with van der Waals surface area (Å²) in [5, 5.41) is 6.26. The van der Waals surface area contributed by atoms with Crippen LogP contribution in [0.15, 0.2) is 24.3 Å². The van der Waals surface area contributed by atoms with Crippen LogP contribution >= 0.6 is 12.4 Å². The number of hydrogen-bond donors (Lipinski definition) is 2. The van der Waals surface area contributed by atoms with Crippen molar-refractivity contribution in [3.8, 4) is 0 Å². The molecular formula is C17H27ClN2O. The second-order valence-electron chi connectivity index (χ2n) is 6.55. The van der Waals surface area contributed by atoms with Crippen LogP contribution in [0, 0.1) is 12.8 Å². The zero-order valence-corrected chi connectivity index (χ0v) is 14.1. The fourth-order valence-corrected chi connectivity index (χ4v) is 2.52. The Balaban J connectivity index is 0.00000220. The van der Waals surface area contributed by atoms with Crippen LogP contribution in [-0.4, -0.2) is 25.5 Å². The van der Waals surface area contributed by atoms with Gasteiger partial charge in [-0.1, -0.05) is 38.1 Å². The van der Waals surface area contributed by atoms with E-state index in [0.717, 1.165) is 12.5 Å². The molecule has 1 amide bonds. The van der Waals surface area contributed by atoms with Crippen LogP contribution in [0.5, 0.6) is 0 Å². The first-order chi connectivity index (χ1) is 9.49. The van der Waals surface area contributed by atoms with E-state index in [1.807, 2.05) is 0 Å². The Hall–Kier alpha value is -1.06. The minimum absolute atomic E-state index is 0. The lowest BCUT2D eigenvalue weighted by molar-refractivity contribution is -0.120. The van der Waals surface area contributed by atoms with Crippen molar-refractivity contribution in [3.63, 3.8) is 0 Å². The van der Waals surface area contributed by atoms with Gasteiger partial charge in [0.25, 0.3) is 0 Å². The first kappa shape index (κ1) is 18.0. The van der Waals surface area contributed by atoms with Gasteiger partial charge in [-0.15, -0.1) is 12.4 Å². The molecule has 1 aromatic rings. The van der Waals surface area contributed by atoms with E-state index in [2.05, 4.69) is 55.7 Å². The maximum absolute atomic E-state index is 11.8. The normalized spacial score (nSPS) is 14.4. The highest BCUT2D eigenvalue weighted by molar-refractivity contribution is 5.85. The number of rotatable bonds is 7. The van der Waals surface area contributed by atoms with Gasteiger partial charge in [0.2, 0.25) is 5.91 Å². The third-order valence-corrected chi connectivity index (χ3v) is 4.02. The summed E-state index contributed by atoms with van der Waals surface area (Å²) in [7, 11) is 0. The minimum Gasteiger partial charge on any atom is -0.354 e. The minimum atomic E-state index is -0.0442. The Kier molecular flexibility index (Phi) is 6.69. The zero-order valence-electron chi connectivity index (χ0n) is 13.2. The number of aryl methyl sites for hydroxylation is 1. The van der Waals surface area contributed by atoms with Crippen LogP contribution in [0.4, 0.5) is 0 Å². The number of amides is 1. The van der Waals surface area contributed by atoms with Crippen molar-refractivity contribution in [2.75, 3.05) is 19.6 Å². The molecule has 0 unspecified atom stereocenters. The van der Waals surface area contributed by atoms with Gasteiger partial charge in [-0.05, 0) is 43.4 Å². The van der Waals surface area contributed by atoms with Crippen molar-refractivity contribution >= 4 is 18.3 Å². The largest absolute Gasteiger partial charge is 0.354 e. The van der Waals surface area contributed by atoms with E-state index in [0.29, 0.717) is 13.1 Å². The third-order valence-electron chi connectivity index (χ3n) is 4.02. The lowest BCUT2D eigenvalue weighted by Gasteiger charge is -2.27. The second-order valence-corrected chi connectivity index (χ2v) is 6.55. The Morgan fingerprint density at radius 3 is 2.57 bits per heavy atom. The number of hydrogen-bond acceptors (Lipinski definition) is 2. The zero-order chi connectivity index (χ0) is 14.6. The number of benzene rings is 1. The molecule has 4 heteroatoms. The van der Waals surface area contributed by atoms with Crippen molar-refractivity contribution in [1.82, 2.24) is 10.6 Å². The van der Waals surface area contributed by atoms with Crippen LogP contribution in [0.3, 0.4) is 0 Å². The Labute approximate surface area is 134 Å². The van der Waals surface area contributed by atoms with Gasteiger partial charge >= 0.3 is 0 Å². The highest BCUT2D eigenvalue weighted by atomic mass is 35.5. The molecule has 0 saturated heterocycles. The van der Waals surface area contributed by atoms with Crippen molar-refractivity contribution in [3.05, 3.63) is 35.4 Å². The van der Waals surface area contributed by atoms with E-state index in [-0.39, 0.29) is 23.7 Å². The van der Waals surface area contributed by atoms with Crippen molar-refractivity contribution in [1.29, 1.82) is 0 Å². The molecule has 0 atom stereocenters. The topological polar surface area (TPSA) is 41.1 Å². The van der Waals surface area contributed by atoms with E-state index >= 15 is 0 Å². The summed E-state index contributed by atoms with van der Waals surface area (Å²) < 4.78 is 0. The van der Waals surface area contributed by atoms with Gasteiger partial charge in [0.15, 0.2) is 0 Å². The van der Waals surface area contributed by atoms with E-state index in [9.17, 15) is 4.79 Å². The number of carbonyl (C=O) groups is 1. The van der Waals surface area contributed by atoms with Crippen LogP contribution in [0.2, 0.25) is 0 Å². The lowest BCUT2D eigenvalue weighted by atomic mass is 9.82. The molecule has 1 saturated carbocycles. The standard InChI is InChI=1S/C17H26N2O.ClH/c1-13-6-4-5-7-15(13)17(2,3)12-19-16(20)11-18-10-14-8-9-14;/h4-7,14,18H,8-12H2,1-3H3,(H,19,20);1H. The van der Waals surface area contributed by atoms with Gasteiger partial charge in [-0.2, -0.15) is 0 Å². The van der Waals surface area contributed by atoms with Crippen LogP contribution in [0.1, 0.15) is 37.8 Å². The van der Waals surface area contributed by atoms with Crippen molar-refractivity contribution < 1.29 is 4.79 Å². The first-order valence-corrected chi connectivity index (χ1v) is 7.52. The molecule has 1 fully saturated rings. The first-order valence-electron chi connectivity index (χ1n) is 7.52. The summed E-state index contributed by atoms with van der Waals surface area (Å²) in [4.78, 5) is 11.8. The van der Waals surface area contributed by atoms with E-state index in [4.69, 9.17) is 0 Å². The van der Waals surface area contributed by atoms with Crippen molar-refractivity contribution in [2.45, 2.75) is 39.0 Å². The summed E-state index contributed by atoms with van der Waals surface area (Å²) in [6.45, 7) is 8.55. The molecule has 0 radical (unpaired) electrons. The molecule has 118 valence electrons. The molecule has 0 aromatic heterocycles. The van der Waals surface area contributed by atoms with Gasteiger partial charge < -0.3 is 10.6 Å². The average Bonchev–Trinajstić information content (AvgIpc) is 3.21. The Morgan fingerprint density at radius 1 is 1.29 bits per heavy atom. The predicted octanol–water partition coefficient (Wildman–Crippen LogP) is 2.81. The molecule has 1 aromatic carbocycles. The Morgan fingerprint density at radius 2 is 1.95 bits per heavy atom. The van der Waals surface area contributed by atoms with E-state index in [1.165, 1.54) is 24.0 Å². The molecule has 1 aliphatic carbocycles. The highest BCUT2D eigenvalue weighted by Gasteiger charge is 2.23. The molecule has 0 bridgehead atoms. The molecule has 2 rings (SSSR count). The third kappa shape index (κ3) is 5.68. The van der Waals surface area contributed by atoms with Gasteiger partial charge in [0.1, 0.15) is 0 Å².